The summed E-state index contributed by atoms with van der Waals surface area (Å²) in [5.74, 6) is -0.966. The number of alkyl halides is 2. The van der Waals surface area contributed by atoms with Crippen LogP contribution in [0.4, 0.5) is 0 Å². The largest absolute Gasteiger partial charge is 0.478 e. The number of carboxylic acid groups (broad SMARTS) is 1. The number of hydrogen-bond donors (Lipinski definition) is 1. The van der Waals surface area contributed by atoms with Crippen molar-refractivity contribution in [2.45, 2.75) is 11.8 Å². The minimum Gasteiger partial charge on any atom is -0.478 e. The van der Waals surface area contributed by atoms with Gasteiger partial charge < -0.3 is 5.11 Å². The number of allylic oxidation sites excluding steroid dienone is 5. The molecule has 0 fully saturated rings. The molecule has 1 rings (SSSR count). The molecule has 1 aliphatic carbocycles. The molecule has 0 saturated heterocycles. The van der Waals surface area contributed by atoms with E-state index >= 15 is 0 Å². The van der Waals surface area contributed by atoms with Gasteiger partial charge in [0, 0.05) is 11.5 Å². The van der Waals surface area contributed by atoms with Gasteiger partial charge >= 0.3 is 5.97 Å². The smallest absolute Gasteiger partial charge is 0.328 e. The molecule has 0 spiro atoms. The quantitative estimate of drug-likeness (QED) is 0.588. The zero-order valence-corrected chi connectivity index (χ0v) is 9.09. The van der Waals surface area contributed by atoms with E-state index in [4.69, 9.17) is 28.3 Å². The lowest BCUT2D eigenvalue weighted by molar-refractivity contribution is -0.131. The summed E-state index contributed by atoms with van der Waals surface area (Å²) >= 11 is 11.6. The third kappa shape index (κ3) is 2.63. The molecule has 0 atom stereocenters. The molecule has 0 bridgehead atoms. The Morgan fingerprint density at radius 3 is 2.36 bits per heavy atom. The van der Waals surface area contributed by atoms with Crippen molar-refractivity contribution in [3.8, 4) is 0 Å². The average molecular weight is 233 g/mol. The molecule has 4 heteroatoms. The molecular formula is C10H10Cl2O2. The van der Waals surface area contributed by atoms with E-state index in [-0.39, 0.29) is 0 Å². The molecule has 0 unspecified atom stereocenters. The van der Waals surface area contributed by atoms with Crippen molar-refractivity contribution >= 4 is 29.2 Å². The second kappa shape index (κ2) is 4.20. The van der Waals surface area contributed by atoms with Crippen molar-refractivity contribution in [1.82, 2.24) is 0 Å². The standard InChI is InChI=1S/C10H10Cl2O2/c1-10(9(11)12)4-2-7(3-5-10)6-8(13)14/h2-6,9H,1H3,(H,13,14). The Balaban J connectivity index is 2.85. The summed E-state index contributed by atoms with van der Waals surface area (Å²) in [6.07, 6.45) is 8.13. The predicted octanol–water partition coefficient (Wildman–Crippen LogP) is 2.93. The van der Waals surface area contributed by atoms with E-state index in [9.17, 15) is 4.79 Å². The highest BCUT2D eigenvalue weighted by molar-refractivity contribution is 6.45. The first-order chi connectivity index (χ1) is 6.44. The molecule has 2 nitrogen and oxygen atoms in total. The average Bonchev–Trinajstić information content (AvgIpc) is 2.08. The SMILES string of the molecule is CC1(C(Cl)Cl)C=CC(=CC(=O)O)C=C1. The molecular weight excluding hydrogens is 223 g/mol. The van der Waals surface area contributed by atoms with Crippen LogP contribution in [0.25, 0.3) is 0 Å². The maximum absolute atomic E-state index is 10.4. The molecule has 76 valence electrons. The van der Waals surface area contributed by atoms with Crippen LogP contribution in [0.5, 0.6) is 0 Å². The van der Waals surface area contributed by atoms with Gasteiger partial charge in [0.2, 0.25) is 0 Å². The fraction of sp³-hybridized carbons (Fsp3) is 0.300. The molecule has 1 N–H and O–H groups in total. The number of carboxylic acids is 1. The zero-order chi connectivity index (χ0) is 10.8. The summed E-state index contributed by atoms with van der Waals surface area (Å²) in [6, 6.07) is 0. The molecule has 0 saturated carbocycles. The summed E-state index contributed by atoms with van der Waals surface area (Å²) in [7, 11) is 0. The van der Waals surface area contributed by atoms with Gasteiger partial charge in [0.25, 0.3) is 0 Å². The van der Waals surface area contributed by atoms with E-state index in [2.05, 4.69) is 0 Å². The highest BCUT2D eigenvalue weighted by Crippen LogP contribution is 2.35. The van der Waals surface area contributed by atoms with Gasteiger partial charge in [-0.1, -0.05) is 24.3 Å². The number of rotatable bonds is 2. The Hall–Kier alpha value is -0.730. The second-order valence-corrected chi connectivity index (χ2v) is 4.41. The van der Waals surface area contributed by atoms with Crippen LogP contribution in [0.15, 0.2) is 36.0 Å². The summed E-state index contributed by atoms with van der Waals surface area (Å²) in [4.78, 5) is 9.83. The van der Waals surface area contributed by atoms with Gasteiger partial charge in [-0.3, -0.25) is 0 Å². The molecule has 0 aromatic rings. The van der Waals surface area contributed by atoms with Crippen LogP contribution in [-0.4, -0.2) is 15.9 Å². The Kier molecular flexibility index (Phi) is 3.40. The van der Waals surface area contributed by atoms with E-state index < -0.39 is 16.2 Å². The van der Waals surface area contributed by atoms with Gasteiger partial charge in [-0.15, -0.1) is 23.2 Å². The topological polar surface area (TPSA) is 37.3 Å². The van der Waals surface area contributed by atoms with E-state index in [1.54, 1.807) is 24.3 Å². The second-order valence-electron chi connectivity index (χ2n) is 3.32. The van der Waals surface area contributed by atoms with Crippen LogP contribution in [-0.2, 0) is 4.79 Å². The van der Waals surface area contributed by atoms with Crippen LogP contribution in [0.1, 0.15) is 6.92 Å². The van der Waals surface area contributed by atoms with E-state index in [1.165, 1.54) is 0 Å². The maximum atomic E-state index is 10.4. The molecule has 0 aliphatic heterocycles. The highest BCUT2D eigenvalue weighted by atomic mass is 35.5. The summed E-state index contributed by atoms with van der Waals surface area (Å²) in [6.45, 7) is 1.88. The van der Waals surface area contributed by atoms with E-state index in [0.717, 1.165) is 6.08 Å². The third-order valence-electron chi connectivity index (χ3n) is 2.03. The first-order valence-corrected chi connectivity index (χ1v) is 4.92. The maximum Gasteiger partial charge on any atom is 0.328 e. The molecule has 0 amide bonds. The monoisotopic (exact) mass is 232 g/mol. The summed E-state index contributed by atoms with van der Waals surface area (Å²) < 4.78 is 0. The van der Waals surface area contributed by atoms with Gasteiger partial charge in [-0.2, -0.15) is 0 Å². The van der Waals surface area contributed by atoms with Gasteiger partial charge in [0.15, 0.2) is 0 Å². The van der Waals surface area contributed by atoms with E-state index in [1.807, 2.05) is 6.92 Å². The Labute approximate surface area is 92.5 Å². The molecule has 14 heavy (non-hydrogen) atoms. The fourth-order valence-corrected chi connectivity index (χ4v) is 1.34. The molecule has 0 aromatic carbocycles. The van der Waals surface area contributed by atoms with Gasteiger partial charge in [-0.05, 0) is 12.5 Å². The first-order valence-electron chi connectivity index (χ1n) is 4.05. The number of halogens is 2. The lowest BCUT2D eigenvalue weighted by Crippen LogP contribution is -2.20. The summed E-state index contributed by atoms with van der Waals surface area (Å²) in [5, 5.41) is 8.51. The van der Waals surface area contributed by atoms with Gasteiger partial charge in [-0.25, -0.2) is 4.79 Å². The minimum atomic E-state index is -0.966. The molecule has 0 radical (unpaired) electrons. The van der Waals surface area contributed by atoms with Crippen molar-refractivity contribution in [2.24, 2.45) is 5.41 Å². The van der Waals surface area contributed by atoms with E-state index in [0.29, 0.717) is 5.57 Å². The number of hydrogen-bond acceptors (Lipinski definition) is 1. The summed E-state index contributed by atoms with van der Waals surface area (Å²) in [5.41, 5.74) is 0.211. The Bertz CT molecular complexity index is 311. The molecule has 0 heterocycles. The first kappa shape index (κ1) is 11.3. The minimum absolute atomic E-state index is 0.418. The number of aliphatic carboxylic acids is 1. The van der Waals surface area contributed by atoms with Crippen LogP contribution >= 0.6 is 23.2 Å². The fourth-order valence-electron chi connectivity index (χ4n) is 1.05. The normalized spacial score (nSPS) is 25.6. The van der Waals surface area contributed by atoms with Gasteiger partial charge in [0.1, 0.15) is 4.84 Å². The predicted molar refractivity (Wildman–Crippen MR) is 57.6 cm³/mol. The zero-order valence-electron chi connectivity index (χ0n) is 7.58. The lowest BCUT2D eigenvalue weighted by atomic mass is 9.87. The van der Waals surface area contributed by atoms with Gasteiger partial charge in [0.05, 0.1) is 0 Å². The van der Waals surface area contributed by atoms with Crippen molar-refractivity contribution in [2.75, 3.05) is 0 Å². The van der Waals surface area contributed by atoms with Crippen molar-refractivity contribution < 1.29 is 9.90 Å². The number of carbonyl (C=O) groups is 1. The van der Waals surface area contributed by atoms with Crippen molar-refractivity contribution in [3.05, 3.63) is 36.0 Å². The van der Waals surface area contributed by atoms with Crippen molar-refractivity contribution in [1.29, 1.82) is 0 Å². The highest BCUT2D eigenvalue weighted by Gasteiger charge is 2.27. The van der Waals surface area contributed by atoms with Crippen LogP contribution < -0.4 is 0 Å². The van der Waals surface area contributed by atoms with Crippen LogP contribution in [0.3, 0.4) is 0 Å². The van der Waals surface area contributed by atoms with Crippen molar-refractivity contribution in [3.63, 3.8) is 0 Å². The van der Waals surface area contributed by atoms with Crippen LogP contribution in [0, 0.1) is 5.41 Å². The lowest BCUT2D eigenvalue weighted by Gasteiger charge is -2.25. The molecule has 0 aromatic heterocycles. The van der Waals surface area contributed by atoms with Crippen LogP contribution in [0.2, 0.25) is 0 Å². The Morgan fingerprint density at radius 2 is 2.00 bits per heavy atom. The third-order valence-corrected chi connectivity index (χ3v) is 2.97. The Morgan fingerprint density at radius 1 is 1.50 bits per heavy atom. The molecule has 1 aliphatic rings.